The van der Waals surface area contributed by atoms with Gasteiger partial charge in [-0.05, 0) is 43.5 Å². The zero-order chi connectivity index (χ0) is 15.5. The molecule has 21 heavy (non-hydrogen) atoms. The molecule has 0 aliphatic carbocycles. The van der Waals surface area contributed by atoms with Crippen LogP contribution in [0.4, 0.5) is 4.39 Å². The first kappa shape index (κ1) is 15.8. The van der Waals surface area contributed by atoms with E-state index in [4.69, 9.17) is 4.74 Å². The van der Waals surface area contributed by atoms with Crippen molar-refractivity contribution in [1.29, 1.82) is 0 Å². The van der Waals surface area contributed by atoms with Gasteiger partial charge in [0.05, 0.1) is 7.11 Å². The van der Waals surface area contributed by atoms with Gasteiger partial charge in [0.15, 0.2) is 11.6 Å². The molecule has 1 aromatic rings. The Kier molecular flexibility index (Phi) is 4.83. The van der Waals surface area contributed by atoms with Crippen LogP contribution in [0.3, 0.4) is 0 Å². The maximum Gasteiger partial charge on any atom is 0.324 e. The molecule has 0 saturated carbocycles. The summed E-state index contributed by atoms with van der Waals surface area (Å²) in [5, 5.41) is 9.64. The van der Waals surface area contributed by atoms with Crippen molar-refractivity contribution in [3.8, 4) is 5.75 Å². The fraction of sp³-hybridized carbons (Fsp3) is 0.562. The van der Waals surface area contributed by atoms with Crippen LogP contribution in [0.5, 0.6) is 5.75 Å². The number of hydrogen-bond acceptors (Lipinski definition) is 3. The predicted molar refractivity (Wildman–Crippen MR) is 77.9 cm³/mol. The van der Waals surface area contributed by atoms with Crippen molar-refractivity contribution < 1.29 is 19.0 Å². The molecule has 0 amide bonds. The van der Waals surface area contributed by atoms with Crippen LogP contribution in [0.1, 0.15) is 38.2 Å². The van der Waals surface area contributed by atoms with Crippen molar-refractivity contribution in [2.24, 2.45) is 0 Å². The first-order valence-electron chi connectivity index (χ1n) is 7.34. The normalized spacial score (nSPS) is 22.4. The van der Waals surface area contributed by atoms with E-state index in [9.17, 15) is 14.3 Å². The summed E-state index contributed by atoms with van der Waals surface area (Å²) in [6.07, 6.45) is 2.97. The standard InChI is InChI=1S/C16H22FNO3/c1-3-7-16(15(19)20)8-4-9-18(16)11-12-5-6-14(21-2)13(17)10-12/h5-6,10H,3-4,7-9,11H2,1-2H3,(H,19,20). The van der Waals surface area contributed by atoms with Gasteiger partial charge in [-0.2, -0.15) is 0 Å². The van der Waals surface area contributed by atoms with Crippen molar-refractivity contribution in [3.63, 3.8) is 0 Å². The highest BCUT2D eigenvalue weighted by atomic mass is 19.1. The van der Waals surface area contributed by atoms with Crippen LogP contribution >= 0.6 is 0 Å². The molecule has 1 saturated heterocycles. The van der Waals surface area contributed by atoms with E-state index in [0.29, 0.717) is 19.4 Å². The Bertz CT molecular complexity index is 520. The van der Waals surface area contributed by atoms with E-state index in [1.165, 1.54) is 13.2 Å². The summed E-state index contributed by atoms with van der Waals surface area (Å²) in [6.45, 7) is 3.18. The lowest BCUT2D eigenvalue weighted by Gasteiger charge is -2.34. The van der Waals surface area contributed by atoms with Crippen LogP contribution in [-0.4, -0.2) is 35.2 Å². The molecule has 1 atom stereocenters. The summed E-state index contributed by atoms with van der Waals surface area (Å²) in [6, 6.07) is 4.80. The number of benzene rings is 1. The smallest absolute Gasteiger partial charge is 0.324 e. The topological polar surface area (TPSA) is 49.8 Å². The lowest BCUT2D eigenvalue weighted by molar-refractivity contribution is -0.150. The monoisotopic (exact) mass is 295 g/mol. The number of rotatable bonds is 6. The highest BCUT2D eigenvalue weighted by Gasteiger charge is 2.46. The molecule has 1 unspecified atom stereocenters. The van der Waals surface area contributed by atoms with Crippen LogP contribution in [0.25, 0.3) is 0 Å². The number of methoxy groups -OCH3 is 1. The minimum Gasteiger partial charge on any atom is -0.494 e. The van der Waals surface area contributed by atoms with Gasteiger partial charge in [0.1, 0.15) is 5.54 Å². The number of ether oxygens (including phenoxy) is 1. The summed E-state index contributed by atoms with van der Waals surface area (Å²) in [5.41, 5.74) is -0.0255. The van der Waals surface area contributed by atoms with Crippen LogP contribution in [0.15, 0.2) is 18.2 Å². The van der Waals surface area contributed by atoms with Crippen LogP contribution in [-0.2, 0) is 11.3 Å². The van der Waals surface area contributed by atoms with E-state index < -0.39 is 17.3 Å². The third-order valence-electron chi connectivity index (χ3n) is 4.28. The van der Waals surface area contributed by atoms with Gasteiger partial charge in [0.2, 0.25) is 0 Å². The van der Waals surface area contributed by atoms with Gasteiger partial charge in [-0.1, -0.05) is 19.4 Å². The second-order valence-corrected chi connectivity index (χ2v) is 5.58. The second-order valence-electron chi connectivity index (χ2n) is 5.58. The molecule has 1 aliphatic heterocycles. The number of carboxylic acids is 1. The third-order valence-corrected chi connectivity index (χ3v) is 4.28. The van der Waals surface area contributed by atoms with E-state index in [2.05, 4.69) is 0 Å². The van der Waals surface area contributed by atoms with Gasteiger partial charge in [-0.3, -0.25) is 9.69 Å². The van der Waals surface area contributed by atoms with Gasteiger partial charge in [0.25, 0.3) is 0 Å². The van der Waals surface area contributed by atoms with Crippen molar-refractivity contribution in [3.05, 3.63) is 29.6 Å². The molecule has 0 radical (unpaired) electrons. The SMILES string of the molecule is CCCC1(C(=O)O)CCCN1Cc1ccc(OC)c(F)c1. The van der Waals surface area contributed by atoms with Crippen molar-refractivity contribution in [2.45, 2.75) is 44.7 Å². The molecule has 0 bridgehead atoms. The summed E-state index contributed by atoms with van der Waals surface area (Å²) < 4.78 is 18.7. The van der Waals surface area contributed by atoms with E-state index >= 15 is 0 Å². The first-order chi connectivity index (χ1) is 10.0. The Labute approximate surface area is 124 Å². The molecule has 1 aliphatic rings. The fourth-order valence-corrected chi connectivity index (χ4v) is 3.24. The van der Waals surface area contributed by atoms with E-state index in [-0.39, 0.29) is 5.75 Å². The lowest BCUT2D eigenvalue weighted by atomic mass is 9.90. The zero-order valence-corrected chi connectivity index (χ0v) is 12.6. The van der Waals surface area contributed by atoms with Gasteiger partial charge in [0, 0.05) is 6.54 Å². The molecular weight excluding hydrogens is 273 g/mol. The maximum atomic E-state index is 13.8. The molecular formula is C16H22FNO3. The molecule has 0 aromatic heterocycles. The maximum absolute atomic E-state index is 13.8. The molecule has 2 rings (SSSR count). The van der Waals surface area contributed by atoms with Crippen LogP contribution in [0.2, 0.25) is 0 Å². The molecule has 0 spiro atoms. The lowest BCUT2D eigenvalue weighted by Crippen LogP contribution is -2.49. The molecule has 5 heteroatoms. The number of hydrogen-bond donors (Lipinski definition) is 1. The number of nitrogens with zero attached hydrogens (tertiary/aromatic N) is 1. The number of halogens is 1. The summed E-state index contributed by atoms with van der Waals surface area (Å²) >= 11 is 0. The Morgan fingerprint density at radius 2 is 2.29 bits per heavy atom. The first-order valence-corrected chi connectivity index (χ1v) is 7.34. The molecule has 1 heterocycles. The third kappa shape index (κ3) is 3.02. The molecule has 1 aromatic carbocycles. The van der Waals surface area contributed by atoms with E-state index in [1.807, 2.05) is 11.8 Å². The second kappa shape index (κ2) is 6.43. The number of carbonyl (C=O) groups is 1. The van der Waals surface area contributed by atoms with Gasteiger partial charge < -0.3 is 9.84 Å². The van der Waals surface area contributed by atoms with E-state index in [0.717, 1.165) is 24.9 Å². The Morgan fingerprint density at radius 1 is 1.52 bits per heavy atom. The molecule has 1 N–H and O–H groups in total. The van der Waals surface area contributed by atoms with Crippen molar-refractivity contribution in [1.82, 2.24) is 4.90 Å². The summed E-state index contributed by atoms with van der Waals surface area (Å²) in [7, 11) is 1.43. The van der Waals surface area contributed by atoms with Gasteiger partial charge >= 0.3 is 5.97 Å². The highest BCUT2D eigenvalue weighted by molar-refractivity contribution is 5.79. The van der Waals surface area contributed by atoms with Crippen LogP contribution in [0, 0.1) is 5.82 Å². The molecule has 1 fully saturated rings. The minimum atomic E-state index is -0.800. The highest BCUT2D eigenvalue weighted by Crippen LogP contribution is 2.35. The average molecular weight is 295 g/mol. The van der Waals surface area contributed by atoms with Crippen LogP contribution < -0.4 is 4.74 Å². The predicted octanol–water partition coefficient (Wildman–Crippen LogP) is 3.05. The number of carboxylic acid groups (broad SMARTS) is 1. The van der Waals surface area contributed by atoms with Gasteiger partial charge in [-0.25, -0.2) is 4.39 Å². The van der Waals surface area contributed by atoms with Crippen molar-refractivity contribution in [2.75, 3.05) is 13.7 Å². The average Bonchev–Trinajstić information content (AvgIpc) is 2.84. The summed E-state index contributed by atoms with van der Waals surface area (Å²) in [4.78, 5) is 13.7. The quantitative estimate of drug-likeness (QED) is 0.876. The number of likely N-dealkylation sites (tertiary alicyclic amines) is 1. The van der Waals surface area contributed by atoms with Crippen molar-refractivity contribution >= 4 is 5.97 Å². The Balaban J connectivity index is 2.21. The Hall–Kier alpha value is -1.62. The molecule has 4 nitrogen and oxygen atoms in total. The van der Waals surface area contributed by atoms with Gasteiger partial charge in [-0.15, -0.1) is 0 Å². The van der Waals surface area contributed by atoms with E-state index in [1.54, 1.807) is 12.1 Å². The molecule has 116 valence electrons. The minimum absolute atomic E-state index is 0.207. The number of aliphatic carboxylic acids is 1. The fourth-order valence-electron chi connectivity index (χ4n) is 3.24. The zero-order valence-electron chi connectivity index (χ0n) is 12.6. The Morgan fingerprint density at radius 3 is 2.86 bits per heavy atom. The summed E-state index contributed by atoms with van der Waals surface area (Å²) in [5.74, 6) is -0.973. The largest absolute Gasteiger partial charge is 0.494 e.